The molecule has 0 N–H and O–H groups in total. The van der Waals surface area contributed by atoms with Crippen LogP contribution in [0.4, 0.5) is 74.6 Å². The molecule has 57 heavy (non-hydrogen) atoms. The van der Waals surface area contributed by atoms with E-state index in [0.29, 0.717) is 31.9 Å². The Hall–Kier alpha value is -4.03. The van der Waals surface area contributed by atoms with E-state index in [1.165, 1.54) is 24.3 Å². The maximum absolute atomic E-state index is 15.6. The first-order valence-corrected chi connectivity index (χ1v) is 22.3. The number of rotatable bonds is 14. The number of benzene rings is 5. The molecule has 5 rings (SSSR count). The van der Waals surface area contributed by atoms with Gasteiger partial charge in [0.25, 0.3) is 0 Å². The SMILES string of the molecule is Cc1cc[c]([Ge]([CH2]CC(F)(F)C(F)(F)C(F)(F)C(F)(F)C(F)(F)C(F)(F)C(F)(F)C(F)(F)F)([CH2]c2ccc3ccccc3c2)[CH2]c2ccc3ccccc3c2)cc1. The molecule has 0 aliphatic carbocycles. The summed E-state index contributed by atoms with van der Waals surface area (Å²) in [6.07, 6.45) is -10.3. The van der Waals surface area contributed by atoms with Crippen molar-refractivity contribution in [1.82, 2.24) is 0 Å². The molecule has 0 heterocycles. The fourth-order valence-corrected chi connectivity index (χ4v) is 16.9. The van der Waals surface area contributed by atoms with Crippen molar-refractivity contribution in [3.63, 3.8) is 0 Å². The van der Waals surface area contributed by atoms with Crippen LogP contribution >= 0.6 is 0 Å². The average molecular weight is 893 g/mol. The Bertz CT molecular complexity index is 2130. The summed E-state index contributed by atoms with van der Waals surface area (Å²) in [7, 11) is 0. The molecule has 0 atom stereocenters. The molecule has 0 aromatic heterocycles. The molecule has 18 heteroatoms. The van der Waals surface area contributed by atoms with Crippen LogP contribution in [0.3, 0.4) is 0 Å². The van der Waals surface area contributed by atoms with Crippen LogP contribution in [0, 0.1) is 6.92 Å². The number of hydrogen-bond acceptors (Lipinski definition) is 0. The predicted molar refractivity (Wildman–Crippen MR) is 182 cm³/mol. The third kappa shape index (κ3) is 7.45. The topological polar surface area (TPSA) is 0 Å². The molecule has 0 radical (unpaired) electrons. The first-order chi connectivity index (χ1) is 26.0. The molecule has 308 valence electrons. The fraction of sp³-hybridized carbons (Fsp3) is 0.333. The second kappa shape index (κ2) is 14.7. The Labute approximate surface area is 316 Å². The second-order valence-electron chi connectivity index (χ2n) is 14.0. The maximum atomic E-state index is 15.6. The van der Waals surface area contributed by atoms with Crippen molar-refractivity contribution in [2.45, 2.75) is 76.7 Å². The standard InChI is InChI=1S/C39H29F17Ge/c1-24-10-16-31(17-11-24)57(22-25-12-14-27-6-2-4-8-29(27)20-25,23-26-13-15-28-7-3-5-9-30(28)21-26)19-18-32(40,41)33(42,43)34(44,45)35(46,47)36(48,49)37(50,51)38(52,53)39(54,55)56/h2-17,20-21H,18-19,22-23H2,1H3. The Morgan fingerprint density at radius 3 is 1.18 bits per heavy atom. The van der Waals surface area contributed by atoms with Crippen LogP contribution in [0.5, 0.6) is 0 Å². The van der Waals surface area contributed by atoms with Gasteiger partial charge in [0.2, 0.25) is 0 Å². The van der Waals surface area contributed by atoms with Crippen LogP contribution in [-0.2, 0) is 10.5 Å². The Balaban J connectivity index is 1.62. The van der Waals surface area contributed by atoms with E-state index >= 15 is 17.6 Å². The number of aryl methyl sites for hydroxylation is 1. The van der Waals surface area contributed by atoms with Crippen molar-refractivity contribution in [3.8, 4) is 0 Å². The average Bonchev–Trinajstić information content (AvgIpc) is 3.13. The molecule has 5 aromatic carbocycles. The molecule has 5 aromatic rings. The van der Waals surface area contributed by atoms with E-state index in [1.807, 2.05) is 0 Å². The van der Waals surface area contributed by atoms with Gasteiger partial charge in [-0.1, -0.05) is 0 Å². The molecule has 0 aliphatic rings. The molecule has 0 unspecified atom stereocenters. The van der Waals surface area contributed by atoms with Crippen molar-refractivity contribution >= 4 is 39.2 Å². The van der Waals surface area contributed by atoms with Crippen LogP contribution in [0.15, 0.2) is 109 Å². The van der Waals surface area contributed by atoms with Crippen LogP contribution in [-0.4, -0.2) is 60.9 Å². The summed E-state index contributed by atoms with van der Waals surface area (Å²) in [6, 6.07) is 29.5. The number of alkyl halides is 17. The van der Waals surface area contributed by atoms with Crippen LogP contribution in [0.25, 0.3) is 21.5 Å². The monoisotopic (exact) mass is 894 g/mol. The van der Waals surface area contributed by atoms with E-state index in [1.54, 1.807) is 91.9 Å². The molecule has 0 fully saturated rings. The van der Waals surface area contributed by atoms with E-state index in [4.69, 9.17) is 0 Å². The molecule has 0 aliphatic heterocycles. The summed E-state index contributed by atoms with van der Waals surface area (Å²) < 4.78 is 241. The zero-order chi connectivity index (χ0) is 42.7. The zero-order valence-corrected chi connectivity index (χ0v) is 31.2. The minimum absolute atomic E-state index is 0.147. The molecule has 0 spiro atoms. The summed E-state index contributed by atoms with van der Waals surface area (Å²) in [5.74, 6) is -56.6. The van der Waals surface area contributed by atoms with Gasteiger partial charge in [0.1, 0.15) is 0 Å². The van der Waals surface area contributed by atoms with Gasteiger partial charge in [-0.15, -0.1) is 0 Å². The van der Waals surface area contributed by atoms with E-state index in [2.05, 4.69) is 0 Å². The van der Waals surface area contributed by atoms with Gasteiger partial charge in [-0.25, -0.2) is 0 Å². The van der Waals surface area contributed by atoms with Crippen molar-refractivity contribution in [3.05, 3.63) is 126 Å². The molecule has 0 nitrogen and oxygen atoms in total. The van der Waals surface area contributed by atoms with Gasteiger partial charge >= 0.3 is 316 Å². The summed E-state index contributed by atoms with van der Waals surface area (Å²) >= 11 is -4.75. The van der Waals surface area contributed by atoms with Crippen molar-refractivity contribution in [2.75, 3.05) is 0 Å². The van der Waals surface area contributed by atoms with Crippen LogP contribution in [0.1, 0.15) is 23.1 Å². The minimum atomic E-state index is -8.67. The summed E-state index contributed by atoms with van der Waals surface area (Å²) in [5, 5.41) is 1.33. The van der Waals surface area contributed by atoms with E-state index in [-0.39, 0.29) is 10.5 Å². The van der Waals surface area contributed by atoms with Crippen molar-refractivity contribution < 1.29 is 74.6 Å². The van der Waals surface area contributed by atoms with Gasteiger partial charge in [-0.2, -0.15) is 0 Å². The second-order valence-corrected chi connectivity index (χ2v) is 23.1. The van der Waals surface area contributed by atoms with Crippen molar-refractivity contribution in [1.29, 1.82) is 0 Å². The van der Waals surface area contributed by atoms with Gasteiger partial charge in [-0.3, -0.25) is 0 Å². The predicted octanol–water partition coefficient (Wildman–Crippen LogP) is 12.9. The van der Waals surface area contributed by atoms with Gasteiger partial charge < -0.3 is 0 Å². The fourth-order valence-electron chi connectivity index (χ4n) is 6.72. The normalized spacial score (nSPS) is 14.4. The molecule has 0 saturated heterocycles. The quantitative estimate of drug-likeness (QED) is 0.0770. The van der Waals surface area contributed by atoms with Crippen LogP contribution in [0.2, 0.25) is 5.25 Å². The summed E-state index contributed by atoms with van der Waals surface area (Å²) in [4.78, 5) is 0. The number of fused-ring (bicyclic) bond motifs is 2. The van der Waals surface area contributed by atoms with Gasteiger partial charge in [-0.05, 0) is 0 Å². The van der Waals surface area contributed by atoms with E-state index < -0.39 is 72.6 Å². The summed E-state index contributed by atoms with van der Waals surface area (Å²) in [6.45, 7) is 1.64. The van der Waals surface area contributed by atoms with Gasteiger partial charge in [0, 0.05) is 0 Å². The third-order valence-corrected chi connectivity index (χ3v) is 20.4. The third-order valence-electron chi connectivity index (χ3n) is 10.1. The van der Waals surface area contributed by atoms with Crippen LogP contribution < -0.4 is 4.40 Å². The van der Waals surface area contributed by atoms with E-state index in [9.17, 15) is 57.1 Å². The molecule has 0 amide bonds. The zero-order valence-electron chi connectivity index (χ0n) is 29.1. The first-order valence-electron chi connectivity index (χ1n) is 16.8. The molecule has 0 bridgehead atoms. The van der Waals surface area contributed by atoms with Crippen molar-refractivity contribution in [2.24, 2.45) is 0 Å². The van der Waals surface area contributed by atoms with Gasteiger partial charge in [0.15, 0.2) is 0 Å². The first kappa shape index (κ1) is 44.1. The summed E-state index contributed by atoms with van der Waals surface area (Å²) in [5.41, 5.74) is 1.54. The Kier molecular flexibility index (Phi) is 11.3. The Morgan fingerprint density at radius 1 is 0.404 bits per heavy atom. The Morgan fingerprint density at radius 2 is 0.772 bits per heavy atom. The molecular formula is C39H29F17Ge. The van der Waals surface area contributed by atoms with Gasteiger partial charge in [0.05, 0.1) is 0 Å². The number of hydrogen-bond donors (Lipinski definition) is 0. The molecular weight excluding hydrogens is 864 g/mol. The molecule has 0 saturated carbocycles. The van der Waals surface area contributed by atoms with E-state index in [0.717, 1.165) is 10.8 Å². The number of halogens is 17.